The number of methoxy groups -OCH3 is 1. The number of piperazine rings is 1. The molecule has 0 bridgehead atoms. The Bertz CT molecular complexity index is 997. The van der Waals surface area contributed by atoms with Gasteiger partial charge in [-0.3, -0.25) is 9.59 Å². The molecule has 2 atom stereocenters. The fourth-order valence-electron chi connectivity index (χ4n) is 4.50. The third-order valence-corrected chi connectivity index (χ3v) is 6.00. The van der Waals surface area contributed by atoms with Gasteiger partial charge in [0.1, 0.15) is 17.3 Å². The molecule has 0 saturated carbocycles. The maximum Gasteiger partial charge on any atom is 0.257 e. The van der Waals surface area contributed by atoms with Crippen LogP contribution in [0.25, 0.3) is 0 Å². The number of rotatable bonds is 3. The highest BCUT2D eigenvalue weighted by Gasteiger charge is 2.36. The first-order valence-electron chi connectivity index (χ1n) is 10.6. The van der Waals surface area contributed by atoms with Crippen molar-refractivity contribution in [3.8, 4) is 11.5 Å². The summed E-state index contributed by atoms with van der Waals surface area (Å²) < 4.78 is 25.1. The van der Waals surface area contributed by atoms with Crippen LogP contribution in [0.1, 0.15) is 46.5 Å². The van der Waals surface area contributed by atoms with Gasteiger partial charge in [-0.15, -0.1) is 0 Å². The Morgan fingerprint density at radius 2 is 1.81 bits per heavy atom. The van der Waals surface area contributed by atoms with E-state index in [2.05, 4.69) is 0 Å². The normalized spacial score (nSPS) is 20.6. The van der Waals surface area contributed by atoms with E-state index < -0.39 is 5.82 Å². The number of fused-ring (bicyclic) bond motifs is 1. The topological polar surface area (TPSA) is 59.1 Å². The Labute approximate surface area is 181 Å². The lowest BCUT2D eigenvalue weighted by Gasteiger charge is -2.44. The van der Waals surface area contributed by atoms with Gasteiger partial charge in [-0.1, -0.05) is 0 Å². The molecule has 2 heterocycles. The van der Waals surface area contributed by atoms with Crippen molar-refractivity contribution in [3.63, 3.8) is 0 Å². The molecule has 0 radical (unpaired) electrons. The van der Waals surface area contributed by atoms with Crippen molar-refractivity contribution in [3.05, 3.63) is 58.9 Å². The predicted molar refractivity (Wildman–Crippen MR) is 114 cm³/mol. The summed E-state index contributed by atoms with van der Waals surface area (Å²) in [5.74, 6) is 0.161. The summed E-state index contributed by atoms with van der Waals surface area (Å²) in [5, 5.41) is 0. The van der Waals surface area contributed by atoms with E-state index in [4.69, 9.17) is 9.47 Å². The quantitative estimate of drug-likeness (QED) is 0.754. The molecule has 164 valence electrons. The zero-order valence-corrected chi connectivity index (χ0v) is 18.1. The minimum absolute atomic E-state index is 0.00830. The van der Waals surface area contributed by atoms with Crippen LogP contribution >= 0.6 is 0 Å². The molecule has 0 unspecified atom stereocenters. The van der Waals surface area contributed by atoms with Gasteiger partial charge in [-0.05, 0) is 62.6 Å². The summed E-state index contributed by atoms with van der Waals surface area (Å²) >= 11 is 0. The summed E-state index contributed by atoms with van der Waals surface area (Å²) in [6.07, 6.45) is 1.85. The number of hydrogen-bond acceptors (Lipinski definition) is 4. The van der Waals surface area contributed by atoms with Gasteiger partial charge in [-0.2, -0.15) is 0 Å². The van der Waals surface area contributed by atoms with Gasteiger partial charge in [0.2, 0.25) is 0 Å². The van der Waals surface area contributed by atoms with Crippen LogP contribution in [0.15, 0.2) is 36.4 Å². The number of halogens is 1. The molecule has 4 rings (SSSR count). The number of carbonyl (C=O) groups excluding carboxylic acids is 2. The van der Waals surface area contributed by atoms with Gasteiger partial charge in [0.15, 0.2) is 0 Å². The van der Waals surface area contributed by atoms with E-state index in [-0.39, 0.29) is 29.5 Å². The number of amides is 2. The van der Waals surface area contributed by atoms with Crippen LogP contribution in [0.3, 0.4) is 0 Å². The summed E-state index contributed by atoms with van der Waals surface area (Å²) in [5.41, 5.74) is 1.69. The number of hydrogen-bond donors (Lipinski definition) is 0. The molecular weight excluding hydrogens is 399 g/mol. The number of nitrogens with zero attached hydrogens (tertiary/aromatic N) is 2. The zero-order valence-electron chi connectivity index (χ0n) is 18.1. The molecule has 0 aromatic heterocycles. The van der Waals surface area contributed by atoms with Crippen molar-refractivity contribution in [1.29, 1.82) is 0 Å². The Balaban J connectivity index is 1.50. The first-order valence-corrected chi connectivity index (χ1v) is 10.6. The van der Waals surface area contributed by atoms with Crippen LogP contribution in [0.5, 0.6) is 11.5 Å². The van der Waals surface area contributed by atoms with Crippen molar-refractivity contribution in [2.75, 3.05) is 26.8 Å². The molecule has 1 fully saturated rings. The lowest BCUT2D eigenvalue weighted by atomic mass is 10.0. The Morgan fingerprint density at radius 1 is 1.06 bits per heavy atom. The second-order valence-corrected chi connectivity index (χ2v) is 8.24. The fourth-order valence-corrected chi connectivity index (χ4v) is 4.50. The van der Waals surface area contributed by atoms with E-state index in [1.165, 1.54) is 19.2 Å². The number of ether oxygens (including phenoxy) is 2. The molecule has 2 aliphatic rings. The fraction of sp³-hybridized carbons (Fsp3) is 0.417. The third-order valence-electron chi connectivity index (χ3n) is 6.00. The van der Waals surface area contributed by atoms with Gasteiger partial charge >= 0.3 is 0 Å². The first-order chi connectivity index (χ1) is 14.9. The van der Waals surface area contributed by atoms with Crippen LogP contribution in [0.2, 0.25) is 0 Å². The minimum atomic E-state index is -0.612. The highest BCUT2D eigenvalue weighted by atomic mass is 19.1. The average molecular weight is 426 g/mol. The van der Waals surface area contributed by atoms with Crippen molar-refractivity contribution in [2.45, 2.75) is 38.8 Å². The van der Waals surface area contributed by atoms with Crippen molar-refractivity contribution in [1.82, 2.24) is 9.80 Å². The molecule has 1 saturated heterocycles. The molecule has 2 aromatic rings. The van der Waals surface area contributed by atoms with E-state index in [1.807, 2.05) is 26.0 Å². The number of aryl methyl sites for hydroxylation is 1. The van der Waals surface area contributed by atoms with Crippen LogP contribution in [0, 0.1) is 5.82 Å². The third kappa shape index (κ3) is 4.09. The number of carbonyl (C=O) groups is 2. The number of benzene rings is 2. The Kier molecular flexibility index (Phi) is 5.85. The molecule has 31 heavy (non-hydrogen) atoms. The van der Waals surface area contributed by atoms with Gasteiger partial charge in [-0.25, -0.2) is 4.39 Å². The maximum atomic E-state index is 14.5. The second kappa shape index (κ2) is 8.57. The monoisotopic (exact) mass is 426 g/mol. The Morgan fingerprint density at radius 3 is 2.48 bits per heavy atom. The lowest BCUT2D eigenvalue weighted by Crippen LogP contribution is -2.59. The van der Waals surface area contributed by atoms with E-state index in [1.54, 1.807) is 21.9 Å². The highest BCUT2D eigenvalue weighted by molar-refractivity contribution is 5.97. The van der Waals surface area contributed by atoms with Gasteiger partial charge in [0, 0.05) is 36.8 Å². The largest absolute Gasteiger partial charge is 0.497 e. The van der Waals surface area contributed by atoms with Gasteiger partial charge in [0.05, 0.1) is 19.3 Å². The van der Waals surface area contributed by atoms with Crippen molar-refractivity contribution < 1.29 is 23.5 Å². The van der Waals surface area contributed by atoms with Crippen LogP contribution < -0.4 is 9.47 Å². The highest BCUT2D eigenvalue weighted by Crippen LogP contribution is 2.28. The molecule has 2 amide bonds. The van der Waals surface area contributed by atoms with E-state index in [0.29, 0.717) is 31.0 Å². The van der Waals surface area contributed by atoms with E-state index in [9.17, 15) is 14.0 Å². The Hall–Kier alpha value is -3.09. The molecule has 2 aromatic carbocycles. The molecule has 7 heteroatoms. The smallest absolute Gasteiger partial charge is 0.257 e. The predicted octanol–water partition coefficient (Wildman–Crippen LogP) is 3.53. The summed E-state index contributed by atoms with van der Waals surface area (Å²) in [6.45, 7) is 5.26. The van der Waals surface area contributed by atoms with Gasteiger partial charge < -0.3 is 19.3 Å². The zero-order chi connectivity index (χ0) is 22.1. The van der Waals surface area contributed by atoms with Crippen molar-refractivity contribution in [2.24, 2.45) is 0 Å². The molecule has 0 N–H and O–H groups in total. The molecule has 0 spiro atoms. The first kappa shape index (κ1) is 21.2. The van der Waals surface area contributed by atoms with Gasteiger partial charge in [0.25, 0.3) is 11.8 Å². The molecule has 2 aliphatic heterocycles. The van der Waals surface area contributed by atoms with Crippen LogP contribution in [-0.2, 0) is 6.42 Å². The maximum absolute atomic E-state index is 14.5. The summed E-state index contributed by atoms with van der Waals surface area (Å²) in [7, 11) is 1.45. The van der Waals surface area contributed by atoms with Crippen LogP contribution in [-0.4, -0.2) is 60.5 Å². The molecule has 0 aliphatic carbocycles. The van der Waals surface area contributed by atoms with E-state index in [0.717, 1.165) is 24.2 Å². The van der Waals surface area contributed by atoms with E-state index >= 15 is 0 Å². The average Bonchev–Trinajstić information content (AvgIpc) is 2.77. The lowest BCUT2D eigenvalue weighted by molar-refractivity contribution is 0.0251. The summed E-state index contributed by atoms with van der Waals surface area (Å²) in [4.78, 5) is 29.7. The second-order valence-electron chi connectivity index (χ2n) is 8.24. The SMILES string of the molecule is COc1ccc(C(=O)N2[C@H](C)CN(C(=O)c3ccc4c(c3)CCCO4)C[C@H]2C)c(F)c1. The minimum Gasteiger partial charge on any atom is -0.497 e. The standard InChI is InChI=1S/C24H27FN2O4/c1-15-13-26(23(28)18-6-9-22-17(11-18)5-4-10-31-22)14-16(2)27(15)24(29)20-8-7-19(30-3)12-21(20)25/h6-9,11-12,15-16H,4-5,10,13-14H2,1-3H3/t15-,16-/m1/s1. The molecular formula is C24H27FN2O4. The summed E-state index contributed by atoms with van der Waals surface area (Å²) in [6, 6.07) is 9.31. The van der Waals surface area contributed by atoms with Crippen LogP contribution in [0.4, 0.5) is 4.39 Å². The van der Waals surface area contributed by atoms with Crippen molar-refractivity contribution >= 4 is 11.8 Å². The molecule has 6 nitrogen and oxygen atoms in total.